The minimum atomic E-state index is -0.495. The van der Waals surface area contributed by atoms with E-state index in [9.17, 15) is 4.79 Å². The van der Waals surface area contributed by atoms with Crippen LogP contribution in [0.25, 0.3) is 0 Å². The molecule has 4 rings (SSSR count). The molecule has 2 aliphatic heterocycles. The first kappa shape index (κ1) is 20.4. The van der Waals surface area contributed by atoms with Crippen molar-refractivity contribution < 1.29 is 14.3 Å². The molecule has 4 nitrogen and oxygen atoms in total. The zero-order valence-electron chi connectivity index (χ0n) is 16.9. The van der Waals surface area contributed by atoms with Gasteiger partial charge < -0.3 is 14.4 Å². The fraction of sp³-hybridized carbons (Fsp3) is 0.458. The van der Waals surface area contributed by atoms with Crippen LogP contribution in [0.3, 0.4) is 0 Å². The number of fused-ring (bicyclic) bond motifs is 2. The maximum Gasteiger partial charge on any atom is 0.338 e. The number of rotatable bonds is 6. The molecule has 0 amide bonds. The van der Waals surface area contributed by atoms with Crippen molar-refractivity contribution in [3.05, 3.63) is 70.7 Å². The van der Waals surface area contributed by atoms with Gasteiger partial charge in [0.25, 0.3) is 0 Å². The molecule has 2 aromatic rings. The second kappa shape index (κ2) is 8.86. The number of piperidine rings is 1. The van der Waals surface area contributed by atoms with Gasteiger partial charge in [0, 0.05) is 29.9 Å². The Bertz CT molecular complexity index is 810. The Morgan fingerprint density at radius 3 is 2.41 bits per heavy atom. The van der Waals surface area contributed by atoms with Gasteiger partial charge in [-0.2, -0.15) is 0 Å². The normalized spacial score (nSPS) is 26.8. The topological polar surface area (TPSA) is 38.8 Å². The molecule has 2 bridgehead atoms. The quantitative estimate of drug-likeness (QED) is 0.655. The molecule has 0 spiro atoms. The highest BCUT2D eigenvalue weighted by molar-refractivity contribution is 6.30. The smallest absolute Gasteiger partial charge is 0.338 e. The lowest BCUT2D eigenvalue weighted by atomic mass is 9.73. The number of halogens is 1. The molecule has 2 saturated heterocycles. The van der Waals surface area contributed by atoms with Crippen LogP contribution in [0.5, 0.6) is 0 Å². The number of ether oxygens (including phenoxy) is 2. The van der Waals surface area contributed by atoms with Crippen molar-refractivity contribution in [1.29, 1.82) is 0 Å². The fourth-order valence-corrected chi connectivity index (χ4v) is 4.65. The molecule has 0 saturated carbocycles. The van der Waals surface area contributed by atoms with Gasteiger partial charge in [-0.3, -0.25) is 0 Å². The van der Waals surface area contributed by atoms with E-state index in [4.69, 9.17) is 21.1 Å². The third kappa shape index (κ3) is 4.66. The van der Waals surface area contributed by atoms with Crippen molar-refractivity contribution in [2.75, 3.05) is 32.8 Å². The van der Waals surface area contributed by atoms with Gasteiger partial charge in [0.2, 0.25) is 0 Å². The van der Waals surface area contributed by atoms with Crippen LogP contribution in [-0.4, -0.2) is 49.3 Å². The molecule has 2 heterocycles. The molecule has 0 N–H and O–H groups in total. The Morgan fingerprint density at radius 2 is 1.76 bits per heavy atom. The summed E-state index contributed by atoms with van der Waals surface area (Å²) in [5.74, 6) is 0.0875. The summed E-state index contributed by atoms with van der Waals surface area (Å²) in [5.41, 5.74) is 1.43. The van der Waals surface area contributed by atoms with Gasteiger partial charge in [-0.05, 0) is 56.1 Å². The second-order valence-corrected chi connectivity index (χ2v) is 8.80. The standard InChI is InChI=1S/C24H28ClNO3/c1-24(29-23(27)19-9-11-22(25)12-10-19)20-14-26(15-21(24)17-28-16-20)13-5-8-18-6-3-2-4-7-18/h2-4,6-7,9-12,20-21H,5,8,13-17H2,1H3. The molecular weight excluding hydrogens is 386 g/mol. The number of carbonyl (C=O) groups is 1. The van der Waals surface area contributed by atoms with Gasteiger partial charge in [0.05, 0.1) is 18.8 Å². The third-order valence-electron chi connectivity index (χ3n) is 6.39. The summed E-state index contributed by atoms with van der Waals surface area (Å²) in [4.78, 5) is 15.3. The molecule has 2 unspecified atom stereocenters. The van der Waals surface area contributed by atoms with Crippen LogP contribution in [0.1, 0.15) is 29.3 Å². The lowest BCUT2D eigenvalue weighted by Crippen LogP contribution is -2.63. The van der Waals surface area contributed by atoms with E-state index in [1.54, 1.807) is 24.3 Å². The van der Waals surface area contributed by atoms with Crippen LogP contribution >= 0.6 is 11.6 Å². The number of carbonyl (C=O) groups excluding carboxylic acids is 1. The van der Waals surface area contributed by atoms with E-state index in [-0.39, 0.29) is 17.8 Å². The Morgan fingerprint density at radius 1 is 1.10 bits per heavy atom. The second-order valence-electron chi connectivity index (χ2n) is 8.36. The van der Waals surface area contributed by atoms with Gasteiger partial charge in [-0.25, -0.2) is 4.79 Å². The van der Waals surface area contributed by atoms with Gasteiger partial charge in [-0.15, -0.1) is 0 Å². The highest BCUT2D eigenvalue weighted by Gasteiger charge is 2.52. The molecule has 2 aromatic carbocycles. The van der Waals surface area contributed by atoms with Gasteiger partial charge in [0.1, 0.15) is 5.60 Å². The largest absolute Gasteiger partial charge is 0.455 e. The summed E-state index contributed by atoms with van der Waals surface area (Å²) in [7, 11) is 0. The zero-order chi connectivity index (χ0) is 20.3. The van der Waals surface area contributed by atoms with Gasteiger partial charge in [-0.1, -0.05) is 41.9 Å². The Balaban J connectivity index is 1.37. The predicted molar refractivity (Wildman–Crippen MR) is 114 cm³/mol. The highest BCUT2D eigenvalue weighted by Crippen LogP contribution is 2.40. The van der Waals surface area contributed by atoms with E-state index in [1.165, 1.54) is 5.56 Å². The van der Waals surface area contributed by atoms with E-state index >= 15 is 0 Å². The zero-order valence-corrected chi connectivity index (χ0v) is 17.6. The van der Waals surface area contributed by atoms with Crippen molar-refractivity contribution in [2.45, 2.75) is 25.4 Å². The average molecular weight is 414 g/mol. The summed E-state index contributed by atoms with van der Waals surface area (Å²) >= 11 is 5.94. The molecule has 0 aliphatic carbocycles. The number of esters is 1. The van der Waals surface area contributed by atoms with E-state index in [1.807, 2.05) is 0 Å². The van der Waals surface area contributed by atoms with Gasteiger partial charge >= 0.3 is 5.97 Å². The minimum absolute atomic E-state index is 0.183. The van der Waals surface area contributed by atoms with Crippen LogP contribution in [0.4, 0.5) is 0 Å². The molecule has 0 radical (unpaired) electrons. The number of likely N-dealkylation sites (tertiary alicyclic amines) is 1. The average Bonchev–Trinajstić information content (AvgIpc) is 2.70. The first-order valence-corrected chi connectivity index (χ1v) is 10.8. The van der Waals surface area contributed by atoms with Crippen LogP contribution in [-0.2, 0) is 15.9 Å². The van der Waals surface area contributed by atoms with Gasteiger partial charge in [0.15, 0.2) is 0 Å². The van der Waals surface area contributed by atoms with E-state index in [0.717, 1.165) is 32.5 Å². The fourth-order valence-electron chi connectivity index (χ4n) is 4.53. The molecule has 2 aliphatic rings. The Kier molecular flexibility index (Phi) is 6.23. The van der Waals surface area contributed by atoms with Crippen molar-refractivity contribution >= 4 is 17.6 Å². The molecule has 154 valence electrons. The van der Waals surface area contributed by atoms with E-state index in [2.05, 4.69) is 42.2 Å². The number of nitrogens with zero attached hydrogens (tertiary/aromatic N) is 1. The summed E-state index contributed by atoms with van der Waals surface area (Å²) in [6.07, 6.45) is 2.22. The van der Waals surface area contributed by atoms with Crippen LogP contribution in [0.2, 0.25) is 5.02 Å². The number of hydrogen-bond donors (Lipinski definition) is 0. The van der Waals surface area contributed by atoms with Crippen molar-refractivity contribution in [3.8, 4) is 0 Å². The molecule has 29 heavy (non-hydrogen) atoms. The number of hydrogen-bond acceptors (Lipinski definition) is 4. The number of benzene rings is 2. The summed E-state index contributed by atoms with van der Waals surface area (Å²) in [5, 5.41) is 0.613. The van der Waals surface area contributed by atoms with E-state index in [0.29, 0.717) is 23.8 Å². The lowest BCUT2D eigenvalue weighted by Gasteiger charge is -2.53. The maximum absolute atomic E-state index is 12.8. The lowest BCUT2D eigenvalue weighted by molar-refractivity contribution is -0.183. The number of aryl methyl sites for hydroxylation is 1. The highest BCUT2D eigenvalue weighted by atomic mass is 35.5. The Labute approximate surface area is 177 Å². The maximum atomic E-state index is 12.8. The molecule has 5 heteroatoms. The van der Waals surface area contributed by atoms with Crippen LogP contribution in [0.15, 0.2) is 54.6 Å². The molecule has 0 aromatic heterocycles. The SMILES string of the molecule is CC1(OC(=O)c2ccc(Cl)cc2)C2COCC1CN(CCCc1ccccc1)C2. The van der Waals surface area contributed by atoms with Crippen molar-refractivity contribution in [2.24, 2.45) is 11.8 Å². The van der Waals surface area contributed by atoms with Crippen molar-refractivity contribution in [1.82, 2.24) is 4.90 Å². The summed E-state index contributed by atoms with van der Waals surface area (Å²) in [6, 6.07) is 17.5. The molecule has 2 atom stereocenters. The molecule has 2 fully saturated rings. The minimum Gasteiger partial charge on any atom is -0.455 e. The monoisotopic (exact) mass is 413 g/mol. The molecular formula is C24H28ClNO3. The van der Waals surface area contributed by atoms with Crippen molar-refractivity contribution in [3.63, 3.8) is 0 Å². The van der Waals surface area contributed by atoms with Crippen LogP contribution < -0.4 is 0 Å². The predicted octanol–water partition coefficient (Wildman–Crippen LogP) is 4.47. The first-order chi connectivity index (χ1) is 14.0. The summed E-state index contributed by atoms with van der Waals surface area (Å²) < 4.78 is 11.9. The van der Waals surface area contributed by atoms with E-state index < -0.39 is 5.60 Å². The van der Waals surface area contributed by atoms with Crippen LogP contribution in [0, 0.1) is 11.8 Å². The summed E-state index contributed by atoms with van der Waals surface area (Å²) in [6.45, 7) is 6.21. The third-order valence-corrected chi connectivity index (χ3v) is 6.64. The Hall–Kier alpha value is -1.88. The first-order valence-electron chi connectivity index (χ1n) is 10.4.